The van der Waals surface area contributed by atoms with Crippen LogP contribution in [0.2, 0.25) is 5.02 Å². The molecule has 0 saturated heterocycles. The number of nitrogens with zero attached hydrogens (tertiary/aromatic N) is 1. The monoisotopic (exact) mass is 665 g/mol. The molecule has 44 heavy (non-hydrogen) atoms. The first-order chi connectivity index (χ1) is 20.5. The maximum Gasteiger partial charge on any atom is 0.323 e. The molecule has 0 bridgehead atoms. The zero-order chi connectivity index (χ0) is 32.3. The van der Waals surface area contributed by atoms with Crippen LogP contribution in [0.4, 0.5) is 5.13 Å². The summed E-state index contributed by atoms with van der Waals surface area (Å²) >= 11 is 7.44. The van der Waals surface area contributed by atoms with E-state index in [0.29, 0.717) is 35.3 Å². The second-order valence-corrected chi connectivity index (χ2v) is 17.5. The summed E-state index contributed by atoms with van der Waals surface area (Å²) in [4.78, 5) is 32.4. The van der Waals surface area contributed by atoms with Crippen LogP contribution < -0.4 is 10.6 Å². The van der Waals surface area contributed by atoms with Crippen LogP contribution in [0.15, 0.2) is 23.1 Å². The lowest BCUT2D eigenvalue weighted by molar-refractivity contribution is -0.152. The maximum atomic E-state index is 13.6. The third-order valence-electron chi connectivity index (χ3n) is 8.81. The van der Waals surface area contributed by atoms with Gasteiger partial charge in [0.1, 0.15) is 12.1 Å². The van der Waals surface area contributed by atoms with E-state index >= 15 is 0 Å². The van der Waals surface area contributed by atoms with Crippen molar-refractivity contribution in [3.63, 3.8) is 0 Å². The number of aryl methyl sites for hydroxylation is 1. The van der Waals surface area contributed by atoms with E-state index in [2.05, 4.69) is 29.5 Å². The van der Waals surface area contributed by atoms with Crippen LogP contribution in [0, 0.1) is 17.8 Å². The summed E-state index contributed by atoms with van der Waals surface area (Å²) in [5.41, 5.74) is 0.267. The number of amides is 1. The van der Waals surface area contributed by atoms with Gasteiger partial charge in [-0.3, -0.25) is 9.59 Å². The van der Waals surface area contributed by atoms with E-state index in [0.717, 1.165) is 49.7 Å². The molecule has 1 amide bonds. The molecular weight excluding hydrogens is 618 g/mol. The van der Waals surface area contributed by atoms with Gasteiger partial charge in [-0.05, 0) is 81.4 Å². The quantitative estimate of drug-likeness (QED) is 0.223. The third-order valence-corrected chi connectivity index (χ3v) is 11.5. The fraction of sp³-hybridized carbons (Fsp3) is 0.667. The Morgan fingerprint density at radius 1 is 1.07 bits per heavy atom. The van der Waals surface area contributed by atoms with E-state index in [-0.39, 0.29) is 33.3 Å². The standard InChI is InChI=1S/C33H48ClN3O5S2/c1-21-28(22-16-17-25(34)27(18-22)44(6,40)41)43-31(35-21)37-30(39)33(4,5)20-32(2,3)19-26(36-23-12-8-7-9-13-23)29(38)42-24-14-10-11-15-24/h16-18,23-24,26,36H,7-15,19-20H2,1-6H3,(H,35,37,39). The largest absolute Gasteiger partial charge is 0.461 e. The second-order valence-electron chi connectivity index (χ2n) is 14.1. The van der Waals surface area contributed by atoms with E-state index in [9.17, 15) is 18.0 Å². The highest BCUT2D eigenvalue weighted by atomic mass is 35.5. The Labute approximate surface area is 272 Å². The minimum absolute atomic E-state index is 0.0148. The van der Waals surface area contributed by atoms with Gasteiger partial charge in [0.15, 0.2) is 15.0 Å². The van der Waals surface area contributed by atoms with E-state index in [1.807, 2.05) is 20.8 Å². The van der Waals surface area contributed by atoms with Gasteiger partial charge in [-0.1, -0.05) is 76.0 Å². The molecule has 244 valence electrons. The van der Waals surface area contributed by atoms with Crippen LogP contribution >= 0.6 is 22.9 Å². The highest BCUT2D eigenvalue weighted by molar-refractivity contribution is 7.90. The second kappa shape index (κ2) is 14.2. The molecule has 0 spiro atoms. The molecule has 1 aromatic heterocycles. The van der Waals surface area contributed by atoms with Gasteiger partial charge in [0.05, 0.1) is 20.5 Å². The van der Waals surface area contributed by atoms with Crippen molar-refractivity contribution in [1.29, 1.82) is 0 Å². The van der Waals surface area contributed by atoms with Crippen molar-refractivity contribution in [3.8, 4) is 10.4 Å². The molecule has 2 aromatic rings. The number of esters is 1. The molecular formula is C33H48ClN3O5S2. The summed E-state index contributed by atoms with van der Waals surface area (Å²) in [5.74, 6) is -0.325. The predicted molar refractivity (Wildman–Crippen MR) is 178 cm³/mol. The molecule has 2 aliphatic rings. The smallest absolute Gasteiger partial charge is 0.323 e. The van der Waals surface area contributed by atoms with Crippen molar-refractivity contribution < 1.29 is 22.7 Å². The number of sulfone groups is 1. The van der Waals surface area contributed by atoms with E-state index in [4.69, 9.17) is 16.3 Å². The number of carbonyl (C=O) groups excluding carboxylic acids is 2. The van der Waals surface area contributed by atoms with Crippen molar-refractivity contribution in [1.82, 2.24) is 10.3 Å². The summed E-state index contributed by atoms with van der Waals surface area (Å²) in [6.07, 6.45) is 12.1. The van der Waals surface area contributed by atoms with Crippen molar-refractivity contribution in [2.45, 2.75) is 128 Å². The molecule has 0 aliphatic heterocycles. The first-order valence-corrected chi connectivity index (χ1v) is 18.9. The molecule has 2 N–H and O–H groups in total. The highest BCUT2D eigenvalue weighted by Gasteiger charge is 2.39. The number of hydrogen-bond acceptors (Lipinski definition) is 8. The van der Waals surface area contributed by atoms with Crippen LogP contribution in [0.5, 0.6) is 0 Å². The zero-order valence-electron chi connectivity index (χ0n) is 26.9. The van der Waals surface area contributed by atoms with Gasteiger partial charge >= 0.3 is 5.97 Å². The first-order valence-electron chi connectivity index (χ1n) is 15.8. The lowest BCUT2D eigenvalue weighted by Crippen LogP contribution is -2.48. The Hall–Kier alpha value is -2.01. The molecule has 0 radical (unpaired) electrons. The molecule has 2 fully saturated rings. The lowest BCUT2D eigenvalue weighted by Gasteiger charge is -2.37. The topological polar surface area (TPSA) is 114 Å². The van der Waals surface area contributed by atoms with E-state index < -0.39 is 21.3 Å². The van der Waals surface area contributed by atoms with Gasteiger partial charge < -0.3 is 15.4 Å². The summed E-state index contributed by atoms with van der Waals surface area (Å²) < 4.78 is 30.4. The minimum Gasteiger partial charge on any atom is -0.461 e. The van der Waals surface area contributed by atoms with Crippen LogP contribution in [-0.2, 0) is 24.2 Å². The average molecular weight is 666 g/mol. The van der Waals surface area contributed by atoms with Crippen molar-refractivity contribution >= 4 is 49.8 Å². The molecule has 1 heterocycles. The number of benzene rings is 1. The van der Waals surface area contributed by atoms with Gasteiger partial charge in [0.2, 0.25) is 5.91 Å². The SMILES string of the molecule is Cc1nc(NC(=O)C(C)(C)CC(C)(C)CC(NC2CCCCC2)C(=O)OC2CCCC2)sc1-c1ccc(Cl)c(S(C)(=O)=O)c1. The fourth-order valence-corrected chi connectivity index (χ4v) is 9.09. The Morgan fingerprint density at radius 3 is 2.34 bits per heavy atom. The summed E-state index contributed by atoms with van der Waals surface area (Å²) in [6, 6.07) is 4.77. The number of halogens is 1. The number of hydrogen-bond donors (Lipinski definition) is 2. The number of carbonyl (C=O) groups is 2. The van der Waals surface area contributed by atoms with Gasteiger partial charge in [-0.2, -0.15) is 0 Å². The number of thiazole rings is 1. The zero-order valence-corrected chi connectivity index (χ0v) is 29.3. The normalized spacial score (nSPS) is 17.9. The van der Waals surface area contributed by atoms with Crippen molar-refractivity contribution in [3.05, 3.63) is 28.9 Å². The van der Waals surface area contributed by atoms with Gasteiger partial charge in [-0.15, -0.1) is 0 Å². The Kier molecular flexibility index (Phi) is 11.2. The minimum atomic E-state index is -3.51. The molecule has 1 unspecified atom stereocenters. The number of rotatable bonds is 12. The number of aromatic nitrogens is 1. The van der Waals surface area contributed by atoms with E-state index in [1.54, 1.807) is 18.2 Å². The number of ether oxygens (including phenoxy) is 1. The van der Waals surface area contributed by atoms with E-state index in [1.165, 1.54) is 30.6 Å². The van der Waals surface area contributed by atoms with Crippen LogP contribution in [0.25, 0.3) is 10.4 Å². The average Bonchev–Trinajstić information content (AvgIpc) is 3.57. The summed E-state index contributed by atoms with van der Waals surface area (Å²) in [5, 5.41) is 7.26. The van der Waals surface area contributed by atoms with Crippen LogP contribution in [-0.4, -0.2) is 49.7 Å². The molecule has 2 saturated carbocycles. The third kappa shape index (κ3) is 9.27. The molecule has 1 atom stereocenters. The first kappa shape index (κ1) is 34.9. The number of nitrogens with one attached hydrogen (secondary N) is 2. The summed E-state index contributed by atoms with van der Waals surface area (Å²) in [7, 11) is -3.51. The highest BCUT2D eigenvalue weighted by Crippen LogP contribution is 2.40. The Bertz CT molecular complexity index is 1440. The predicted octanol–water partition coefficient (Wildman–Crippen LogP) is 7.72. The molecule has 4 rings (SSSR count). The maximum absolute atomic E-state index is 13.6. The van der Waals surface area contributed by atoms with Crippen molar-refractivity contribution in [2.75, 3.05) is 11.6 Å². The van der Waals surface area contributed by atoms with Gasteiger partial charge in [0, 0.05) is 17.7 Å². The number of anilines is 1. The van der Waals surface area contributed by atoms with Gasteiger partial charge in [0.25, 0.3) is 0 Å². The molecule has 1 aromatic carbocycles. The fourth-order valence-electron chi connectivity index (χ4n) is 6.83. The lowest BCUT2D eigenvalue weighted by atomic mass is 9.71. The molecule has 8 nitrogen and oxygen atoms in total. The van der Waals surface area contributed by atoms with Crippen molar-refractivity contribution in [2.24, 2.45) is 10.8 Å². The van der Waals surface area contributed by atoms with Crippen LogP contribution in [0.3, 0.4) is 0 Å². The van der Waals surface area contributed by atoms with Crippen LogP contribution in [0.1, 0.15) is 104 Å². The Morgan fingerprint density at radius 2 is 1.70 bits per heavy atom. The Balaban J connectivity index is 1.45. The summed E-state index contributed by atoms with van der Waals surface area (Å²) in [6.45, 7) is 9.90. The van der Waals surface area contributed by atoms with Gasteiger partial charge in [-0.25, -0.2) is 13.4 Å². The molecule has 2 aliphatic carbocycles. The molecule has 11 heteroatoms.